The third-order valence-electron chi connectivity index (χ3n) is 10.8. The van der Waals surface area contributed by atoms with Gasteiger partial charge in [-0.3, -0.25) is 9.98 Å². The average molecular weight is 789 g/mol. The first-order valence-electron chi connectivity index (χ1n) is 20.0. The molecule has 302 valence electrons. The van der Waals surface area contributed by atoms with Gasteiger partial charge in [-0.2, -0.15) is 11.8 Å². The molecule has 9 heteroatoms. The first-order chi connectivity index (χ1) is 25.8. The van der Waals surface area contributed by atoms with E-state index in [1.165, 1.54) is 11.1 Å². The van der Waals surface area contributed by atoms with E-state index in [4.69, 9.17) is 23.3 Å². The zero-order chi connectivity index (χ0) is 40.6. The van der Waals surface area contributed by atoms with E-state index in [0.29, 0.717) is 5.75 Å². The number of nitrogens with zero attached hydrogens (tertiary/aromatic N) is 2. The van der Waals surface area contributed by atoms with E-state index in [0.717, 1.165) is 89.5 Å². The van der Waals surface area contributed by atoms with Gasteiger partial charge < -0.3 is 23.5 Å². The predicted molar refractivity (Wildman–Crippen MR) is 236 cm³/mol. The number of thioether (sulfide) groups is 1. The summed E-state index contributed by atoms with van der Waals surface area (Å²) < 4.78 is 16.6. The van der Waals surface area contributed by atoms with Crippen molar-refractivity contribution in [2.45, 2.75) is 135 Å². The van der Waals surface area contributed by atoms with E-state index in [9.17, 15) is 10.2 Å². The van der Waals surface area contributed by atoms with Crippen molar-refractivity contribution in [3.63, 3.8) is 0 Å². The lowest BCUT2D eigenvalue weighted by Gasteiger charge is -2.28. The Morgan fingerprint density at radius 3 is 1.67 bits per heavy atom. The Hall–Kier alpha value is -2.95. The Bertz CT molecular complexity index is 1760. The van der Waals surface area contributed by atoms with Crippen LogP contribution in [-0.2, 0) is 35.9 Å². The number of benzene rings is 3. The predicted octanol–water partition coefficient (Wildman–Crippen LogP) is 11.1. The molecule has 0 aliphatic heterocycles. The van der Waals surface area contributed by atoms with Gasteiger partial charge in [0.25, 0.3) is 0 Å². The van der Waals surface area contributed by atoms with Gasteiger partial charge >= 0.3 is 8.80 Å². The van der Waals surface area contributed by atoms with Crippen LogP contribution in [0.2, 0.25) is 6.04 Å². The Morgan fingerprint density at radius 2 is 1.18 bits per heavy atom. The normalized spacial score (nSPS) is 17.5. The molecule has 1 saturated carbocycles. The second-order valence-corrected chi connectivity index (χ2v) is 22.4. The molecule has 0 radical (unpaired) electrons. The summed E-state index contributed by atoms with van der Waals surface area (Å²) in [5, 5.41) is 22.9. The van der Waals surface area contributed by atoms with E-state index < -0.39 is 8.80 Å². The summed E-state index contributed by atoms with van der Waals surface area (Å²) in [6.45, 7) is 19.4. The van der Waals surface area contributed by atoms with Crippen molar-refractivity contribution in [3.05, 3.63) is 81.9 Å². The average Bonchev–Trinajstić information content (AvgIpc) is 3.13. The molecule has 0 aromatic heterocycles. The quantitative estimate of drug-likeness (QED) is 0.0905. The van der Waals surface area contributed by atoms with Crippen LogP contribution in [0.5, 0.6) is 11.5 Å². The lowest BCUT2D eigenvalue weighted by molar-refractivity contribution is 0.123. The van der Waals surface area contributed by atoms with Crippen molar-refractivity contribution in [2.24, 2.45) is 9.98 Å². The van der Waals surface area contributed by atoms with Crippen LogP contribution in [0.4, 0.5) is 0 Å². The minimum atomic E-state index is -2.50. The summed E-state index contributed by atoms with van der Waals surface area (Å²) in [4.78, 5) is 10.2. The molecule has 55 heavy (non-hydrogen) atoms. The van der Waals surface area contributed by atoms with Crippen molar-refractivity contribution in [2.75, 3.05) is 32.8 Å². The second kappa shape index (κ2) is 19.0. The van der Waals surface area contributed by atoms with Crippen molar-refractivity contribution >= 4 is 33.0 Å². The summed E-state index contributed by atoms with van der Waals surface area (Å²) in [5.41, 5.74) is 7.46. The van der Waals surface area contributed by atoms with Crippen LogP contribution < -0.4 is 0 Å². The van der Waals surface area contributed by atoms with Gasteiger partial charge in [0.2, 0.25) is 0 Å². The lowest BCUT2D eigenvalue weighted by atomic mass is 9.79. The van der Waals surface area contributed by atoms with E-state index in [2.05, 4.69) is 111 Å². The highest BCUT2D eigenvalue weighted by atomic mass is 32.2. The molecule has 3 aromatic carbocycles. The van der Waals surface area contributed by atoms with Gasteiger partial charge in [-0.15, -0.1) is 0 Å². The maximum Gasteiger partial charge on any atom is 0.500 e. The van der Waals surface area contributed by atoms with Gasteiger partial charge in [-0.25, -0.2) is 0 Å². The zero-order valence-electron chi connectivity index (χ0n) is 35.7. The number of hydrogen-bond acceptors (Lipinski definition) is 8. The molecule has 2 atom stereocenters. The SMILES string of the molecule is CO[Si](CCCSCCc1ccc(-c2cc(C=N[C@@H]3CCCC[C@H]3N=Cc3cc(C(C)(C)C)cc(C(C)(C)C)c3O)c(O)c(C(C)(C)C)c2)cc1)(OC)OC. The number of phenolic OH excluding ortho intramolecular Hbond substituents is 2. The molecule has 1 fully saturated rings. The topological polar surface area (TPSA) is 92.9 Å². The van der Waals surface area contributed by atoms with Crippen LogP contribution in [0.1, 0.15) is 128 Å². The van der Waals surface area contributed by atoms with Crippen molar-refractivity contribution in [3.8, 4) is 22.6 Å². The summed E-state index contributed by atoms with van der Waals surface area (Å²) in [7, 11) is 2.50. The van der Waals surface area contributed by atoms with Gasteiger partial charge in [-0.05, 0) is 93.9 Å². The molecule has 0 saturated heterocycles. The number of aliphatic imine (C=N–C) groups is 2. The van der Waals surface area contributed by atoms with E-state index in [-0.39, 0.29) is 34.1 Å². The maximum absolute atomic E-state index is 11.6. The van der Waals surface area contributed by atoms with Crippen LogP contribution in [0.25, 0.3) is 11.1 Å². The zero-order valence-corrected chi connectivity index (χ0v) is 37.5. The number of phenols is 2. The molecule has 0 spiro atoms. The van der Waals surface area contributed by atoms with Crippen molar-refractivity contribution in [1.82, 2.24) is 0 Å². The van der Waals surface area contributed by atoms with Gasteiger partial charge in [0.05, 0.1) is 12.1 Å². The van der Waals surface area contributed by atoms with Gasteiger partial charge in [-0.1, -0.05) is 105 Å². The molecule has 0 unspecified atom stereocenters. The number of rotatable bonds is 15. The highest BCUT2D eigenvalue weighted by Crippen LogP contribution is 2.39. The molecule has 2 N–H and O–H groups in total. The smallest absolute Gasteiger partial charge is 0.500 e. The van der Waals surface area contributed by atoms with E-state index in [1.54, 1.807) is 21.3 Å². The summed E-state index contributed by atoms with van der Waals surface area (Å²) in [5.74, 6) is 2.67. The number of hydrogen-bond donors (Lipinski definition) is 2. The summed E-state index contributed by atoms with van der Waals surface area (Å²) >= 11 is 1.94. The third-order valence-corrected chi connectivity index (χ3v) is 14.7. The molecular formula is C46H68N2O5SSi. The Balaban J connectivity index is 1.52. The fraction of sp³-hybridized carbons (Fsp3) is 0.565. The fourth-order valence-corrected chi connectivity index (χ4v) is 10.1. The maximum atomic E-state index is 11.6. The van der Waals surface area contributed by atoms with E-state index >= 15 is 0 Å². The van der Waals surface area contributed by atoms with Crippen LogP contribution >= 0.6 is 11.8 Å². The van der Waals surface area contributed by atoms with Gasteiger partial charge in [0.1, 0.15) is 11.5 Å². The molecule has 7 nitrogen and oxygen atoms in total. The molecule has 3 aromatic rings. The third kappa shape index (κ3) is 12.0. The van der Waals surface area contributed by atoms with Crippen LogP contribution in [0.15, 0.2) is 58.5 Å². The Labute approximate surface area is 337 Å². The first kappa shape index (κ1) is 44.8. The number of aromatic hydroxyl groups is 2. The molecule has 4 rings (SSSR count). The molecule has 1 aliphatic carbocycles. The van der Waals surface area contributed by atoms with Crippen molar-refractivity contribution < 1.29 is 23.5 Å². The molecular weight excluding hydrogens is 721 g/mol. The van der Waals surface area contributed by atoms with Gasteiger partial charge in [0.15, 0.2) is 0 Å². The fourth-order valence-electron chi connectivity index (χ4n) is 7.15. The molecule has 0 heterocycles. The Kier molecular flexibility index (Phi) is 15.5. The second-order valence-electron chi connectivity index (χ2n) is 18.1. The standard InChI is InChI=1S/C46H68N2O5SSi/c1-44(2,3)37-27-36(43(50)39(29-37)46(7,8)9)31-48-41-17-14-13-16-40(41)47-30-35-26-34(28-38(42(35)49)45(4,5)6)33-20-18-32(19-21-33)22-24-54-23-15-25-55(51-10,52-11)53-12/h18-21,26-31,40-41,49-50H,13-17,22-25H2,1-12H3/t40-,41-/m1/s1. The number of aryl methyl sites for hydroxylation is 1. The highest BCUT2D eigenvalue weighted by Gasteiger charge is 2.36. The largest absolute Gasteiger partial charge is 0.507 e. The molecule has 0 amide bonds. The van der Waals surface area contributed by atoms with Gasteiger partial charge in [0, 0.05) is 62.1 Å². The first-order valence-corrected chi connectivity index (χ1v) is 23.0. The van der Waals surface area contributed by atoms with Crippen molar-refractivity contribution in [1.29, 1.82) is 0 Å². The van der Waals surface area contributed by atoms with Crippen LogP contribution in [0.3, 0.4) is 0 Å². The lowest BCUT2D eigenvalue weighted by Crippen LogP contribution is -2.42. The van der Waals surface area contributed by atoms with Crippen LogP contribution in [0, 0.1) is 0 Å². The molecule has 1 aliphatic rings. The summed E-state index contributed by atoms with van der Waals surface area (Å²) in [6.07, 6.45) is 9.79. The minimum Gasteiger partial charge on any atom is -0.507 e. The monoisotopic (exact) mass is 788 g/mol. The minimum absolute atomic E-state index is 0.00428. The Morgan fingerprint density at radius 1 is 0.673 bits per heavy atom. The van der Waals surface area contributed by atoms with Crippen LogP contribution in [-0.4, -0.2) is 76.4 Å². The summed E-state index contributed by atoms with van der Waals surface area (Å²) in [6, 6.07) is 18.0. The molecule has 0 bridgehead atoms. The van der Waals surface area contributed by atoms with E-state index in [1.807, 2.05) is 24.2 Å². The highest BCUT2D eigenvalue weighted by molar-refractivity contribution is 7.99.